The van der Waals surface area contributed by atoms with Crippen LogP contribution < -0.4 is 10.2 Å². The minimum atomic E-state index is -0.345. The van der Waals surface area contributed by atoms with Gasteiger partial charge in [0.1, 0.15) is 5.82 Å². The Morgan fingerprint density at radius 2 is 2.24 bits per heavy atom. The molecule has 2 amide bonds. The molecule has 0 saturated carbocycles. The number of aromatic amines is 1. The zero-order valence-corrected chi connectivity index (χ0v) is 16.1. The molecule has 3 rings (SSSR count). The zero-order chi connectivity index (χ0) is 18.0. The van der Waals surface area contributed by atoms with E-state index in [0.717, 1.165) is 16.0 Å². The summed E-state index contributed by atoms with van der Waals surface area (Å²) in [6.07, 6.45) is 0.795. The molecule has 1 aromatic carbocycles. The Labute approximate surface area is 158 Å². The van der Waals surface area contributed by atoms with E-state index in [-0.39, 0.29) is 24.2 Å². The van der Waals surface area contributed by atoms with Gasteiger partial charge in [-0.15, -0.1) is 0 Å². The summed E-state index contributed by atoms with van der Waals surface area (Å²) in [5, 5.41) is 9.71. The van der Waals surface area contributed by atoms with Crippen molar-refractivity contribution >= 4 is 45.6 Å². The highest BCUT2D eigenvalue weighted by Crippen LogP contribution is 2.31. The highest BCUT2D eigenvalue weighted by atomic mass is 79.9. The molecule has 25 heavy (non-hydrogen) atoms. The van der Waals surface area contributed by atoms with Crippen LogP contribution in [0.5, 0.6) is 0 Å². The second-order valence-electron chi connectivity index (χ2n) is 5.90. The van der Waals surface area contributed by atoms with E-state index in [4.69, 9.17) is 12.2 Å². The van der Waals surface area contributed by atoms with E-state index in [1.54, 1.807) is 9.47 Å². The van der Waals surface area contributed by atoms with Crippen molar-refractivity contribution in [2.45, 2.75) is 12.8 Å². The first-order valence-corrected chi connectivity index (χ1v) is 9.10. The van der Waals surface area contributed by atoms with Crippen molar-refractivity contribution in [1.29, 1.82) is 0 Å². The van der Waals surface area contributed by atoms with Gasteiger partial charge in [0.2, 0.25) is 11.8 Å². The van der Waals surface area contributed by atoms with E-state index in [0.29, 0.717) is 24.3 Å². The molecule has 0 spiro atoms. The fourth-order valence-electron chi connectivity index (χ4n) is 2.83. The lowest BCUT2D eigenvalue weighted by Gasteiger charge is -2.18. The molecule has 1 aliphatic rings. The maximum Gasteiger partial charge on any atom is 0.227 e. The number of aromatic nitrogens is 3. The smallest absolute Gasteiger partial charge is 0.227 e. The lowest BCUT2D eigenvalue weighted by Crippen LogP contribution is -2.34. The summed E-state index contributed by atoms with van der Waals surface area (Å²) in [4.78, 5) is 26.3. The zero-order valence-electron chi connectivity index (χ0n) is 13.7. The number of halogens is 1. The quantitative estimate of drug-likeness (QED) is 0.719. The molecule has 132 valence electrons. The first-order chi connectivity index (χ1) is 12.0. The van der Waals surface area contributed by atoms with Crippen molar-refractivity contribution in [3.05, 3.63) is 39.3 Å². The number of anilines is 1. The third-order valence-electron chi connectivity index (χ3n) is 4.26. The monoisotopic (exact) mass is 423 g/mol. The fourth-order valence-corrected chi connectivity index (χ4v) is 3.48. The van der Waals surface area contributed by atoms with E-state index in [1.807, 2.05) is 31.3 Å². The molecular weight excluding hydrogens is 406 g/mol. The van der Waals surface area contributed by atoms with Crippen LogP contribution in [0.15, 0.2) is 28.7 Å². The van der Waals surface area contributed by atoms with Crippen molar-refractivity contribution < 1.29 is 9.59 Å². The number of carbonyl (C=O) groups is 2. The number of nitrogens with zero attached hydrogens (tertiary/aromatic N) is 3. The van der Waals surface area contributed by atoms with Crippen LogP contribution >= 0.6 is 28.1 Å². The molecule has 2 N–H and O–H groups in total. The molecule has 1 atom stereocenters. The number of nitrogens with one attached hydrogen (secondary N) is 2. The van der Waals surface area contributed by atoms with E-state index in [1.165, 1.54) is 0 Å². The average Bonchev–Trinajstić information content (AvgIpc) is 3.12. The maximum absolute atomic E-state index is 12.4. The Morgan fingerprint density at radius 1 is 1.48 bits per heavy atom. The molecular formula is C16H18BrN5O2S. The molecule has 0 aliphatic carbocycles. The third kappa shape index (κ3) is 3.82. The van der Waals surface area contributed by atoms with E-state index in [2.05, 4.69) is 31.4 Å². The standard InChI is InChI=1S/C16H18BrN5O2S/c1-21-13(19-20-16(21)25)6-7-18-15(24)10-8-14(23)22(9-10)12-5-3-2-4-11(12)17/h2-5,10H,6-9H2,1H3,(H,18,24)(H,20,25). The summed E-state index contributed by atoms with van der Waals surface area (Å²) >= 11 is 8.51. The van der Waals surface area contributed by atoms with Crippen molar-refractivity contribution in [3.8, 4) is 0 Å². The molecule has 1 aromatic heterocycles. The van der Waals surface area contributed by atoms with Crippen molar-refractivity contribution in [2.24, 2.45) is 13.0 Å². The molecule has 2 aromatic rings. The number of hydrogen-bond donors (Lipinski definition) is 2. The van der Waals surface area contributed by atoms with Gasteiger partial charge in [0.25, 0.3) is 0 Å². The van der Waals surface area contributed by atoms with Crippen LogP contribution in [0.4, 0.5) is 5.69 Å². The Hall–Kier alpha value is -2.00. The maximum atomic E-state index is 12.4. The lowest BCUT2D eigenvalue weighted by molar-refractivity contribution is -0.126. The summed E-state index contributed by atoms with van der Waals surface area (Å²) in [5.74, 6) is 0.283. The average molecular weight is 424 g/mol. The third-order valence-corrected chi connectivity index (χ3v) is 5.30. The number of benzene rings is 1. The molecule has 7 nitrogen and oxygen atoms in total. The van der Waals surface area contributed by atoms with Crippen LogP contribution in [-0.4, -0.2) is 39.7 Å². The van der Waals surface area contributed by atoms with Crippen LogP contribution in [0.1, 0.15) is 12.2 Å². The van der Waals surface area contributed by atoms with Gasteiger partial charge in [-0.05, 0) is 40.3 Å². The molecule has 2 heterocycles. The second kappa shape index (κ2) is 7.49. The van der Waals surface area contributed by atoms with Gasteiger partial charge in [-0.3, -0.25) is 14.7 Å². The molecule has 0 bridgehead atoms. The van der Waals surface area contributed by atoms with E-state index >= 15 is 0 Å². The minimum Gasteiger partial charge on any atom is -0.355 e. The van der Waals surface area contributed by atoms with Gasteiger partial charge in [0, 0.05) is 37.5 Å². The predicted molar refractivity (Wildman–Crippen MR) is 99.7 cm³/mol. The van der Waals surface area contributed by atoms with E-state index < -0.39 is 0 Å². The highest BCUT2D eigenvalue weighted by molar-refractivity contribution is 9.10. The van der Waals surface area contributed by atoms with Gasteiger partial charge in [0.05, 0.1) is 11.6 Å². The molecule has 9 heteroatoms. The topological polar surface area (TPSA) is 83.0 Å². The molecule has 1 saturated heterocycles. The first-order valence-electron chi connectivity index (χ1n) is 7.90. The molecule has 0 radical (unpaired) electrons. The first kappa shape index (κ1) is 17.8. The number of rotatable bonds is 5. The predicted octanol–water partition coefficient (Wildman–Crippen LogP) is 1.95. The van der Waals surface area contributed by atoms with Gasteiger partial charge >= 0.3 is 0 Å². The molecule has 1 aliphatic heterocycles. The summed E-state index contributed by atoms with van der Waals surface area (Å²) < 4.78 is 3.16. The second-order valence-corrected chi connectivity index (χ2v) is 7.14. The van der Waals surface area contributed by atoms with Gasteiger partial charge in [-0.25, -0.2) is 0 Å². The summed E-state index contributed by atoms with van der Waals surface area (Å²) in [5.41, 5.74) is 0.796. The largest absolute Gasteiger partial charge is 0.355 e. The number of H-pyrrole nitrogens is 1. The lowest BCUT2D eigenvalue weighted by atomic mass is 10.1. The van der Waals surface area contributed by atoms with Gasteiger partial charge < -0.3 is 14.8 Å². The number of carbonyl (C=O) groups excluding carboxylic acids is 2. The Kier molecular flexibility index (Phi) is 5.33. The number of hydrogen-bond acceptors (Lipinski definition) is 4. The van der Waals surface area contributed by atoms with Crippen molar-refractivity contribution in [1.82, 2.24) is 20.1 Å². The van der Waals surface area contributed by atoms with Gasteiger partial charge in [-0.1, -0.05) is 12.1 Å². The van der Waals surface area contributed by atoms with Crippen LogP contribution in [0.3, 0.4) is 0 Å². The van der Waals surface area contributed by atoms with Crippen LogP contribution in [0.25, 0.3) is 0 Å². The Balaban J connectivity index is 1.57. The summed E-state index contributed by atoms with van der Waals surface area (Å²) in [7, 11) is 1.83. The van der Waals surface area contributed by atoms with Crippen LogP contribution in [-0.2, 0) is 23.1 Å². The van der Waals surface area contributed by atoms with E-state index in [9.17, 15) is 9.59 Å². The number of amides is 2. The Bertz CT molecular complexity index is 862. The SMILES string of the molecule is Cn1c(CCNC(=O)C2CC(=O)N(c3ccccc3Br)C2)n[nH]c1=S. The van der Waals surface area contributed by atoms with Crippen molar-refractivity contribution in [2.75, 3.05) is 18.0 Å². The Morgan fingerprint density at radius 3 is 2.92 bits per heavy atom. The van der Waals surface area contributed by atoms with Gasteiger partial charge in [-0.2, -0.15) is 5.10 Å². The highest BCUT2D eigenvalue weighted by Gasteiger charge is 2.35. The number of para-hydroxylation sites is 1. The fraction of sp³-hybridized carbons (Fsp3) is 0.375. The van der Waals surface area contributed by atoms with Crippen LogP contribution in [0.2, 0.25) is 0 Å². The minimum absolute atomic E-state index is 0.0403. The molecule has 1 unspecified atom stereocenters. The summed E-state index contributed by atoms with van der Waals surface area (Å²) in [6.45, 7) is 0.839. The summed E-state index contributed by atoms with van der Waals surface area (Å²) in [6, 6.07) is 7.51. The normalized spacial score (nSPS) is 17.1. The van der Waals surface area contributed by atoms with Crippen molar-refractivity contribution in [3.63, 3.8) is 0 Å². The van der Waals surface area contributed by atoms with Crippen LogP contribution in [0, 0.1) is 10.7 Å². The van der Waals surface area contributed by atoms with Gasteiger partial charge in [0.15, 0.2) is 4.77 Å². The molecule has 1 fully saturated rings.